The summed E-state index contributed by atoms with van der Waals surface area (Å²) in [5, 5.41) is 3.83. The number of Topliss-reactive ketones (excluding diaryl/α,β-unsaturated/α-hetero) is 1. The lowest BCUT2D eigenvalue weighted by molar-refractivity contribution is -0.112. The van der Waals surface area contributed by atoms with Crippen LogP contribution in [-0.4, -0.2) is 17.6 Å². The minimum absolute atomic E-state index is 0.0567. The van der Waals surface area contributed by atoms with Crippen molar-refractivity contribution in [3.63, 3.8) is 0 Å². The van der Waals surface area contributed by atoms with Crippen molar-refractivity contribution in [2.45, 2.75) is 26.9 Å². The normalized spacial score (nSPS) is 44.1. The zero-order chi connectivity index (χ0) is 8.88. The number of oxime groups is 1. The Bertz CT molecular complexity index is 259. The third-order valence-corrected chi connectivity index (χ3v) is 3.22. The molecule has 1 heterocycles. The van der Waals surface area contributed by atoms with Crippen molar-refractivity contribution in [2.75, 3.05) is 0 Å². The van der Waals surface area contributed by atoms with Crippen LogP contribution in [0.1, 0.15) is 20.8 Å². The average molecular weight is 167 g/mol. The van der Waals surface area contributed by atoms with Crippen molar-refractivity contribution in [2.24, 2.45) is 22.9 Å². The molecule has 0 aromatic heterocycles. The van der Waals surface area contributed by atoms with Gasteiger partial charge >= 0.3 is 0 Å². The first-order valence-corrected chi connectivity index (χ1v) is 4.37. The minimum Gasteiger partial charge on any atom is -0.391 e. The molecule has 12 heavy (non-hydrogen) atoms. The molecule has 0 aromatic rings. The summed E-state index contributed by atoms with van der Waals surface area (Å²) in [5.41, 5.74) is 0.644. The molecule has 0 N–H and O–H groups in total. The fourth-order valence-corrected chi connectivity index (χ4v) is 2.15. The number of fused-ring (bicyclic) bond motifs is 1. The van der Waals surface area contributed by atoms with Crippen LogP contribution in [0.3, 0.4) is 0 Å². The van der Waals surface area contributed by atoms with Crippen LogP contribution in [0.25, 0.3) is 0 Å². The average Bonchev–Trinajstić information content (AvgIpc) is 2.43. The number of ketones is 1. The van der Waals surface area contributed by atoms with E-state index in [1.165, 1.54) is 0 Å². The van der Waals surface area contributed by atoms with Gasteiger partial charge in [0.15, 0.2) is 5.78 Å². The second-order valence-corrected chi connectivity index (χ2v) is 3.85. The highest BCUT2D eigenvalue weighted by Gasteiger charge is 2.54. The number of nitrogens with zero attached hydrogens (tertiary/aromatic N) is 1. The first-order chi connectivity index (χ1) is 5.63. The number of hydrogen-bond donors (Lipinski definition) is 0. The largest absolute Gasteiger partial charge is 0.391 e. The van der Waals surface area contributed by atoms with Gasteiger partial charge in [0.2, 0.25) is 0 Å². The highest BCUT2D eigenvalue weighted by Crippen LogP contribution is 2.46. The summed E-state index contributed by atoms with van der Waals surface area (Å²) in [5.74, 6) is 1.41. The number of carbonyl (C=O) groups excluding carboxylic acids is 1. The predicted molar refractivity (Wildman–Crippen MR) is 44.8 cm³/mol. The monoisotopic (exact) mass is 167 g/mol. The second-order valence-electron chi connectivity index (χ2n) is 3.85. The van der Waals surface area contributed by atoms with Crippen LogP contribution in [0, 0.1) is 17.8 Å². The Labute approximate surface area is 71.8 Å². The van der Waals surface area contributed by atoms with Gasteiger partial charge in [-0.1, -0.05) is 19.0 Å². The Hall–Kier alpha value is -0.860. The Morgan fingerprint density at radius 1 is 1.42 bits per heavy atom. The Kier molecular flexibility index (Phi) is 1.50. The maximum Gasteiger partial charge on any atom is 0.177 e. The Morgan fingerprint density at radius 2 is 2.08 bits per heavy atom. The Balaban J connectivity index is 2.18. The van der Waals surface area contributed by atoms with E-state index in [0.717, 1.165) is 0 Å². The maximum absolute atomic E-state index is 11.1. The molecule has 0 amide bonds. The molecule has 0 bridgehead atoms. The predicted octanol–water partition coefficient (Wildman–Crippen LogP) is 1.23. The van der Waals surface area contributed by atoms with Crippen molar-refractivity contribution in [3.8, 4) is 0 Å². The van der Waals surface area contributed by atoms with E-state index in [2.05, 4.69) is 19.0 Å². The third kappa shape index (κ3) is 0.765. The van der Waals surface area contributed by atoms with E-state index < -0.39 is 0 Å². The van der Waals surface area contributed by atoms with Crippen molar-refractivity contribution in [1.29, 1.82) is 0 Å². The number of rotatable bonds is 1. The van der Waals surface area contributed by atoms with Crippen molar-refractivity contribution >= 4 is 11.5 Å². The molecule has 1 fully saturated rings. The van der Waals surface area contributed by atoms with Gasteiger partial charge in [0.05, 0.1) is 5.92 Å². The summed E-state index contributed by atoms with van der Waals surface area (Å²) >= 11 is 0. The summed E-state index contributed by atoms with van der Waals surface area (Å²) in [6.45, 7) is 5.85. The fourth-order valence-electron chi connectivity index (χ4n) is 2.15. The maximum atomic E-state index is 11.1. The van der Waals surface area contributed by atoms with Gasteiger partial charge in [-0.15, -0.1) is 0 Å². The molecule has 0 unspecified atom stereocenters. The quantitative estimate of drug-likeness (QED) is 0.589. The zero-order valence-corrected chi connectivity index (χ0v) is 7.57. The van der Waals surface area contributed by atoms with E-state index >= 15 is 0 Å². The van der Waals surface area contributed by atoms with Crippen molar-refractivity contribution < 1.29 is 9.63 Å². The lowest BCUT2D eigenvalue weighted by Gasteiger charge is -2.42. The third-order valence-electron chi connectivity index (χ3n) is 3.22. The zero-order valence-electron chi connectivity index (χ0n) is 7.57. The summed E-state index contributed by atoms with van der Waals surface area (Å²) in [6.07, 6.45) is 0.180. The summed E-state index contributed by atoms with van der Waals surface area (Å²) in [4.78, 5) is 16.3. The molecule has 0 radical (unpaired) electrons. The topological polar surface area (TPSA) is 38.7 Å². The van der Waals surface area contributed by atoms with Gasteiger partial charge in [0.1, 0.15) is 11.8 Å². The molecule has 1 saturated carbocycles. The number of carbonyl (C=O) groups is 1. The van der Waals surface area contributed by atoms with Gasteiger partial charge in [0, 0.05) is 6.92 Å². The summed E-state index contributed by atoms with van der Waals surface area (Å²) in [6, 6.07) is 0. The van der Waals surface area contributed by atoms with Gasteiger partial charge in [-0.25, -0.2) is 0 Å². The first kappa shape index (κ1) is 7.77. The molecule has 0 aromatic carbocycles. The molecule has 3 heteroatoms. The van der Waals surface area contributed by atoms with Crippen LogP contribution >= 0.6 is 0 Å². The molecule has 2 rings (SSSR count). The highest BCUT2D eigenvalue weighted by molar-refractivity contribution is 6.40. The van der Waals surface area contributed by atoms with Crippen LogP contribution in [0.4, 0.5) is 0 Å². The fraction of sp³-hybridized carbons (Fsp3) is 0.778. The molecule has 3 nitrogen and oxygen atoms in total. The van der Waals surface area contributed by atoms with E-state index in [9.17, 15) is 4.79 Å². The molecule has 0 spiro atoms. The summed E-state index contributed by atoms with van der Waals surface area (Å²) < 4.78 is 0. The summed E-state index contributed by atoms with van der Waals surface area (Å²) in [7, 11) is 0. The lowest BCUT2D eigenvalue weighted by atomic mass is 9.62. The molecular weight excluding hydrogens is 154 g/mol. The smallest absolute Gasteiger partial charge is 0.177 e. The van der Waals surface area contributed by atoms with Gasteiger partial charge in [0.25, 0.3) is 0 Å². The molecule has 2 aliphatic rings. The van der Waals surface area contributed by atoms with Gasteiger partial charge < -0.3 is 4.84 Å². The van der Waals surface area contributed by atoms with E-state index in [-0.39, 0.29) is 17.8 Å². The van der Waals surface area contributed by atoms with Crippen molar-refractivity contribution in [3.05, 3.63) is 0 Å². The molecule has 4 atom stereocenters. The van der Waals surface area contributed by atoms with Crippen molar-refractivity contribution in [1.82, 2.24) is 0 Å². The highest BCUT2D eigenvalue weighted by atomic mass is 16.6. The van der Waals surface area contributed by atoms with Gasteiger partial charge in [-0.2, -0.15) is 0 Å². The SMILES string of the molecule is CC(=O)C1=NO[C@H]2[C@@H](C)[C@@H](C)[C@@H]12. The van der Waals surface area contributed by atoms with Crippen LogP contribution in [0.2, 0.25) is 0 Å². The van der Waals surface area contributed by atoms with E-state index in [0.29, 0.717) is 17.5 Å². The van der Waals surface area contributed by atoms with E-state index in [1.807, 2.05) is 0 Å². The van der Waals surface area contributed by atoms with Crippen LogP contribution < -0.4 is 0 Å². The van der Waals surface area contributed by atoms with Gasteiger partial charge in [-0.05, 0) is 11.8 Å². The standard InChI is InChI=1S/C9H13NO2/c1-4-5(2)9-7(4)8(6(3)11)10-12-9/h4-5,7,9H,1-3H3/t4-,5+,7+,9+/m1/s1. The molecule has 1 aliphatic heterocycles. The first-order valence-electron chi connectivity index (χ1n) is 4.37. The second kappa shape index (κ2) is 2.31. The van der Waals surface area contributed by atoms with Crippen LogP contribution in [0.5, 0.6) is 0 Å². The van der Waals surface area contributed by atoms with Gasteiger partial charge in [-0.3, -0.25) is 4.79 Å². The van der Waals surface area contributed by atoms with Crippen LogP contribution in [-0.2, 0) is 9.63 Å². The molecular formula is C9H13NO2. The number of hydrogen-bond acceptors (Lipinski definition) is 3. The minimum atomic E-state index is 0.0567. The van der Waals surface area contributed by atoms with Crippen LogP contribution in [0.15, 0.2) is 5.16 Å². The van der Waals surface area contributed by atoms with E-state index in [4.69, 9.17) is 4.84 Å². The molecule has 66 valence electrons. The lowest BCUT2D eigenvalue weighted by Crippen LogP contribution is -2.50. The molecule has 1 aliphatic carbocycles. The molecule has 0 saturated heterocycles. The van der Waals surface area contributed by atoms with E-state index in [1.54, 1.807) is 6.92 Å². The Morgan fingerprint density at radius 3 is 2.67 bits per heavy atom.